The normalized spacial score (nSPS) is 20.3. The number of hydrogen-bond acceptors (Lipinski definition) is 2. The predicted octanol–water partition coefficient (Wildman–Crippen LogP) is 4.16. The van der Waals surface area contributed by atoms with Crippen molar-refractivity contribution in [1.29, 1.82) is 0 Å². The number of carbonyl (C=O) groups is 1. The van der Waals surface area contributed by atoms with E-state index in [1.54, 1.807) is 24.1 Å². The van der Waals surface area contributed by atoms with E-state index in [2.05, 4.69) is 0 Å². The lowest BCUT2D eigenvalue weighted by molar-refractivity contribution is -0.133. The van der Waals surface area contributed by atoms with Crippen LogP contribution >= 0.6 is 0 Å². The third kappa shape index (κ3) is 3.14. The number of para-hydroxylation sites is 1. The molecule has 3 rings (SSSR count). The van der Waals surface area contributed by atoms with Gasteiger partial charge < -0.3 is 9.64 Å². The Hall–Kier alpha value is -2.36. The number of benzene rings is 2. The van der Waals surface area contributed by atoms with E-state index in [1.807, 2.05) is 38.2 Å². The van der Waals surface area contributed by atoms with Gasteiger partial charge in [-0.2, -0.15) is 0 Å². The highest BCUT2D eigenvalue weighted by molar-refractivity contribution is 5.83. The van der Waals surface area contributed by atoms with Crippen molar-refractivity contribution in [3.8, 4) is 5.75 Å². The van der Waals surface area contributed by atoms with Gasteiger partial charge in [-0.05, 0) is 43.0 Å². The number of nitrogens with zero attached hydrogens (tertiary/aromatic N) is 1. The van der Waals surface area contributed by atoms with Gasteiger partial charge in [-0.15, -0.1) is 0 Å². The molecule has 4 heteroatoms. The number of rotatable bonds is 5. The Kier molecular flexibility index (Phi) is 4.56. The Labute approximate surface area is 142 Å². The maximum atomic E-state index is 13.0. The summed E-state index contributed by atoms with van der Waals surface area (Å²) in [6, 6.07) is 14.1. The largest absolute Gasteiger partial charge is 0.496 e. The van der Waals surface area contributed by atoms with Crippen molar-refractivity contribution in [2.45, 2.75) is 25.3 Å². The van der Waals surface area contributed by atoms with Gasteiger partial charge in [0.25, 0.3) is 0 Å². The van der Waals surface area contributed by atoms with Crippen LogP contribution in [0.25, 0.3) is 0 Å². The lowest BCUT2D eigenvalue weighted by Crippen LogP contribution is -2.31. The minimum atomic E-state index is -0.246. The lowest BCUT2D eigenvalue weighted by Gasteiger charge is -2.27. The Morgan fingerprint density at radius 3 is 2.54 bits per heavy atom. The van der Waals surface area contributed by atoms with Crippen LogP contribution in [-0.2, 0) is 4.79 Å². The summed E-state index contributed by atoms with van der Waals surface area (Å²) in [5, 5.41) is 0. The summed E-state index contributed by atoms with van der Waals surface area (Å²) in [4.78, 5) is 14.6. The second-order valence-corrected chi connectivity index (χ2v) is 6.37. The van der Waals surface area contributed by atoms with Crippen LogP contribution in [0.5, 0.6) is 5.75 Å². The highest BCUT2D eigenvalue weighted by atomic mass is 19.1. The molecule has 0 radical (unpaired) electrons. The van der Waals surface area contributed by atoms with Crippen molar-refractivity contribution in [2.24, 2.45) is 5.92 Å². The molecular weight excluding hydrogens is 305 g/mol. The smallest absolute Gasteiger partial charge is 0.226 e. The number of ether oxygens (including phenoxy) is 1. The Bertz CT molecular complexity index is 729. The molecule has 0 heterocycles. The minimum absolute atomic E-state index is 0.0161. The van der Waals surface area contributed by atoms with Crippen molar-refractivity contribution >= 4 is 5.91 Å². The molecule has 3 nitrogen and oxygen atoms in total. The van der Waals surface area contributed by atoms with E-state index in [0.717, 1.165) is 23.3 Å². The van der Waals surface area contributed by atoms with Crippen molar-refractivity contribution < 1.29 is 13.9 Å². The Balaban J connectivity index is 1.70. The first-order valence-corrected chi connectivity index (χ1v) is 8.18. The third-order valence-corrected chi connectivity index (χ3v) is 4.92. The molecule has 1 fully saturated rings. The van der Waals surface area contributed by atoms with Crippen molar-refractivity contribution in [3.63, 3.8) is 0 Å². The van der Waals surface area contributed by atoms with Gasteiger partial charge in [0.2, 0.25) is 5.91 Å². The standard InChI is InChI=1S/C20H22FNO2/c1-13(16-6-4-5-7-19(16)24-3)22(2)20(23)18-12-17(18)14-8-10-15(21)11-9-14/h4-11,13,17-18H,12H2,1-3H3. The minimum Gasteiger partial charge on any atom is -0.496 e. The van der Waals surface area contributed by atoms with Crippen LogP contribution in [0, 0.1) is 11.7 Å². The maximum absolute atomic E-state index is 13.0. The summed E-state index contributed by atoms with van der Waals surface area (Å²) >= 11 is 0. The van der Waals surface area contributed by atoms with Gasteiger partial charge in [-0.3, -0.25) is 4.79 Å². The molecule has 0 spiro atoms. The van der Waals surface area contributed by atoms with Crippen molar-refractivity contribution in [1.82, 2.24) is 4.90 Å². The molecule has 3 unspecified atom stereocenters. The molecule has 1 saturated carbocycles. The first kappa shape index (κ1) is 16.5. The predicted molar refractivity (Wildman–Crippen MR) is 91.4 cm³/mol. The highest BCUT2D eigenvalue weighted by Crippen LogP contribution is 2.49. The second-order valence-electron chi connectivity index (χ2n) is 6.37. The summed E-state index contributed by atoms with van der Waals surface area (Å²) in [6.45, 7) is 2.00. The number of hydrogen-bond donors (Lipinski definition) is 0. The summed E-state index contributed by atoms with van der Waals surface area (Å²) in [7, 11) is 3.47. The van der Waals surface area contributed by atoms with Gasteiger partial charge in [0.05, 0.1) is 13.2 Å². The first-order valence-electron chi connectivity index (χ1n) is 8.18. The fourth-order valence-corrected chi connectivity index (χ4v) is 3.22. The monoisotopic (exact) mass is 327 g/mol. The van der Waals surface area contributed by atoms with Crippen LogP contribution in [0.1, 0.15) is 36.4 Å². The topological polar surface area (TPSA) is 29.5 Å². The number of amides is 1. The average molecular weight is 327 g/mol. The molecule has 2 aromatic carbocycles. The first-order chi connectivity index (χ1) is 11.5. The zero-order valence-corrected chi connectivity index (χ0v) is 14.2. The molecule has 2 aromatic rings. The molecule has 0 saturated heterocycles. The fourth-order valence-electron chi connectivity index (χ4n) is 3.22. The van der Waals surface area contributed by atoms with Crippen molar-refractivity contribution in [2.75, 3.05) is 14.2 Å². The van der Waals surface area contributed by atoms with Gasteiger partial charge in [0, 0.05) is 18.5 Å². The molecule has 1 amide bonds. The van der Waals surface area contributed by atoms with Gasteiger partial charge in [-0.1, -0.05) is 30.3 Å². The molecular formula is C20H22FNO2. The SMILES string of the molecule is COc1ccccc1C(C)N(C)C(=O)C1CC1c1ccc(F)cc1. The highest BCUT2D eigenvalue weighted by Gasteiger charge is 2.45. The van der Waals surface area contributed by atoms with Gasteiger partial charge in [-0.25, -0.2) is 4.39 Å². The van der Waals surface area contributed by atoms with Gasteiger partial charge in [0.15, 0.2) is 0 Å². The zero-order valence-electron chi connectivity index (χ0n) is 14.2. The zero-order chi connectivity index (χ0) is 17.3. The van der Waals surface area contributed by atoms with Crippen LogP contribution < -0.4 is 4.74 Å². The van der Waals surface area contributed by atoms with E-state index in [4.69, 9.17) is 4.74 Å². The third-order valence-electron chi connectivity index (χ3n) is 4.92. The van der Waals surface area contributed by atoms with Crippen LogP contribution in [0.4, 0.5) is 4.39 Å². The lowest BCUT2D eigenvalue weighted by atomic mass is 10.0. The maximum Gasteiger partial charge on any atom is 0.226 e. The molecule has 0 aromatic heterocycles. The summed E-state index contributed by atoms with van der Waals surface area (Å²) in [5.41, 5.74) is 2.03. The summed E-state index contributed by atoms with van der Waals surface area (Å²) in [5.74, 6) is 0.852. The van der Waals surface area contributed by atoms with E-state index >= 15 is 0 Å². The number of halogens is 1. The summed E-state index contributed by atoms with van der Waals surface area (Å²) in [6.07, 6.45) is 0.827. The van der Waals surface area contributed by atoms with Crippen molar-refractivity contribution in [3.05, 3.63) is 65.5 Å². The second kappa shape index (κ2) is 6.63. The van der Waals surface area contributed by atoms with Crippen LogP contribution in [0.15, 0.2) is 48.5 Å². The van der Waals surface area contributed by atoms with Crippen LogP contribution in [0.3, 0.4) is 0 Å². The molecule has 0 aliphatic heterocycles. The van der Waals surface area contributed by atoms with E-state index in [9.17, 15) is 9.18 Å². The quantitative estimate of drug-likeness (QED) is 0.825. The number of carbonyl (C=O) groups excluding carboxylic acids is 1. The molecule has 24 heavy (non-hydrogen) atoms. The van der Waals surface area contributed by atoms with Crippen LogP contribution in [0.2, 0.25) is 0 Å². The van der Waals surface area contributed by atoms with E-state index in [1.165, 1.54) is 12.1 Å². The van der Waals surface area contributed by atoms with E-state index in [0.29, 0.717) is 0 Å². The van der Waals surface area contributed by atoms with Gasteiger partial charge in [0.1, 0.15) is 11.6 Å². The molecule has 1 aliphatic rings. The Morgan fingerprint density at radius 1 is 1.21 bits per heavy atom. The summed E-state index contributed by atoms with van der Waals surface area (Å²) < 4.78 is 18.4. The van der Waals surface area contributed by atoms with Gasteiger partial charge >= 0.3 is 0 Å². The number of methoxy groups -OCH3 is 1. The van der Waals surface area contributed by atoms with Crippen LogP contribution in [-0.4, -0.2) is 25.0 Å². The average Bonchev–Trinajstić information content (AvgIpc) is 3.41. The Morgan fingerprint density at radius 2 is 1.88 bits per heavy atom. The molecule has 3 atom stereocenters. The fraction of sp³-hybridized carbons (Fsp3) is 0.350. The molecule has 0 bridgehead atoms. The molecule has 126 valence electrons. The molecule has 0 N–H and O–H groups in total. The molecule has 1 aliphatic carbocycles. The van der Waals surface area contributed by atoms with E-state index in [-0.39, 0.29) is 29.6 Å². The van der Waals surface area contributed by atoms with E-state index < -0.39 is 0 Å².